The standard InChI is InChI=1S/C29H32Cl3N3O4S/c1-3-4-17-33-29(37)27(18-21-9-6-5-7-10-21)34(19-24-25(31)11-8-12-26(24)32)28(36)20-35(40(2,38)39)23-15-13-22(30)14-16-23/h5-16,27H,3-4,17-20H2,1-2H3,(H,33,37)/t27-/m0/s1. The Balaban J connectivity index is 2.07. The topological polar surface area (TPSA) is 86.8 Å². The molecule has 1 atom stereocenters. The lowest BCUT2D eigenvalue weighted by molar-refractivity contribution is -0.140. The Morgan fingerprint density at radius 3 is 2.10 bits per heavy atom. The van der Waals surface area contributed by atoms with Crippen molar-refractivity contribution < 1.29 is 18.0 Å². The highest BCUT2D eigenvalue weighted by Gasteiger charge is 2.33. The Morgan fingerprint density at radius 2 is 1.52 bits per heavy atom. The second kappa shape index (κ2) is 14.7. The van der Waals surface area contributed by atoms with Crippen LogP contribution >= 0.6 is 34.8 Å². The van der Waals surface area contributed by atoms with E-state index in [0.717, 1.165) is 29.0 Å². The summed E-state index contributed by atoms with van der Waals surface area (Å²) in [6.45, 7) is 1.81. The van der Waals surface area contributed by atoms with Gasteiger partial charge < -0.3 is 10.2 Å². The summed E-state index contributed by atoms with van der Waals surface area (Å²) in [4.78, 5) is 29.0. The maximum Gasteiger partial charge on any atom is 0.244 e. The van der Waals surface area contributed by atoms with E-state index < -0.39 is 28.5 Å². The van der Waals surface area contributed by atoms with Gasteiger partial charge in [-0.25, -0.2) is 8.42 Å². The van der Waals surface area contributed by atoms with Gasteiger partial charge in [-0.3, -0.25) is 13.9 Å². The minimum absolute atomic E-state index is 0.103. The Hall–Kier alpha value is -2.78. The molecular weight excluding hydrogens is 593 g/mol. The molecule has 3 aromatic rings. The SMILES string of the molecule is CCCCNC(=O)[C@H](Cc1ccccc1)N(Cc1c(Cl)cccc1Cl)C(=O)CN(c1ccc(Cl)cc1)S(C)(=O)=O. The molecule has 0 spiro atoms. The Morgan fingerprint density at radius 1 is 0.900 bits per heavy atom. The van der Waals surface area contributed by atoms with Crippen LogP contribution in [0.15, 0.2) is 72.8 Å². The van der Waals surface area contributed by atoms with Crippen LogP contribution in [0, 0.1) is 0 Å². The number of rotatable bonds is 13. The predicted octanol–water partition coefficient (Wildman–Crippen LogP) is 5.97. The molecule has 2 amide bonds. The van der Waals surface area contributed by atoms with Crippen LogP contribution in [-0.4, -0.2) is 50.5 Å². The van der Waals surface area contributed by atoms with Crippen molar-refractivity contribution >= 4 is 62.3 Å². The van der Waals surface area contributed by atoms with E-state index in [1.54, 1.807) is 30.3 Å². The summed E-state index contributed by atoms with van der Waals surface area (Å²) < 4.78 is 26.6. The molecule has 0 unspecified atom stereocenters. The fraction of sp³-hybridized carbons (Fsp3) is 0.310. The zero-order valence-electron chi connectivity index (χ0n) is 22.3. The zero-order chi connectivity index (χ0) is 29.3. The third-order valence-corrected chi connectivity index (χ3v) is 8.39. The van der Waals surface area contributed by atoms with Gasteiger partial charge in [-0.15, -0.1) is 0 Å². The second-order valence-electron chi connectivity index (χ2n) is 9.32. The second-order valence-corrected chi connectivity index (χ2v) is 12.5. The molecule has 1 N–H and O–H groups in total. The number of nitrogens with one attached hydrogen (secondary N) is 1. The van der Waals surface area contributed by atoms with Crippen LogP contribution < -0.4 is 9.62 Å². The van der Waals surface area contributed by atoms with E-state index in [1.165, 1.54) is 17.0 Å². The molecule has 0 aromatic heterocycles. The molecular formula is C29H32Cl3N3O4S. The van der Waals surface area contributed by atoms with E-state index in [-0.39, 0.29) is 24.6 Å². The van der Waals surface area contributed by atoms with Gasteiger partial charge in [0.25, 0.3) is 0 Å². The molecule has 214 valence electrons. The summed E-state index contributed by atoms with van der Waals surface area (Å²) in [5.41, 5.74) is 1.55. The van der Waals surface area contributed by atoms with Gasteiger partial charge in [0.2, 0.25) is 21.8 Å². The van der Waals surface area contributed by atoms with E-state index in [9.17, 15) is 18.0 Å². The van der Waals surface area contributed by atoms with Crippen molar-refractivity contribution in [1.29, 1.82) is 0 Å². The summed E-state index contributed by atoms with van der Waals surface area (Å²) in [5, 5.41) is 4.01. The number of anilines is 1. The highest BCUT2D eigenvalue weighted by Crippen LogP contribution is 2.28. The molecule has 0 heterocycles. The van der Waals surface area contributed by atoms with E-state index in [1.807, 2.05) is 37.3 Å². The number of hydrogen-bond acceptors (Lipinski definition) is 4. The summed E-state index contributed by atoms with van der Waals surface area (Å²) in [6, 6.07) is 19.4. The number of halogens is 3. The summed E-state index contributed by atoms with van der Waals surface area (Å²) in [6.07, 6.45) is 2.87. The van der Waals surface area contributed by atoms with Crippen LogP contribution in [0.4, 0.5) is 5.69 Å². The number of hydrogen-bond donors (Lipinski definition) is 1. The first-order chi connectivity index (χ1) is 19.0. The van der Waals surface area contributed by atoms with Crippen molar-refractivity contribution in [3.8, 4) is 0 Å². The molecule has 3 rings (SSSR count). The molecule has 0 saturated heterocycles. The minimum Gasteiger partial charge on any atom is -0.354 e. The molecule has 0 aliphatic rings. The van der Waals surface area contributed by atoms with Crippen LogP contribution in [0.5, 0.6) is 0 Å². The number of nitrogens with zero attached hydrogens (tertiary/aromatic N) is 2. The van der Waals surface area contributed by atoms with Gasteiger partial charge in [-0.2, -0.15) is 0 Å². The molecule has 0 fully saturated rings. The highest BCUT2D eigenvalue weighted by molar-refractivity contribution is 7.92. The molecule has 0 aliphatic carbocycles. The largest absolute Gasteiger partial charge is 0.354 e. The van der Waals surface area contributed by atoms with Crippen LogP contribution in [0.3, 0.4) is 0 Å². The molecule has 40 heavy (non-hydrogen) atoms. The quantitative estimate of drug-likeness (QED) is 0.238. The van der Waals surface area contributed by atoms with Crippen molar-refractivity contribution in [2.24, 2.45) is 0 Å². The van der Waals surface area contributed by atoms with Crippen molar-refractivity contribution in [2.75, 3.05) is 23.7 Å². The summed E-state index contributed by atoms with van der Waals surface area (Å²) in [5.74, 6) is -0.950. The zero-order valence-corrected chi connectivity index (χ0v) is 25.4. The lowest BCUT2D eigenvalue weighted by Gasteiger charge is -2.34. The average molecular weight is 625 g/mol. The molecule has 11 heteroatoms. The third-order valence-electron chi connectivity index (χ3n) is 6.28. The molecule has 0 radical (unpaired) electrons. The fourth-order valence-electron chi connectivity index (χ4n) is 4.13. The molecule has 3 aromatic carbocycles. The monoisotopic (exact) mass is 623 g/mol. The van der Waals surface area contributed by atoms with Gasteiger partial charge in [0.15, 0.2) is 0 Å². The smallest absolute Gasteiger partial charge is 0.244 e. The van der Waals surface area contributed by atoms with E-state index in [2.05, 4.69) is 5.32 Å². The first kappa shape index (κ1) is 31.7. The number of unbranched alkanes of at least 4 members (excludes halogenated alkanes) is 1. The van der Waals surface area contributed by atoms with Crippen molar-refractivity contribution in [3.63, 3.8) is 0 Å². The van der Waals surface area contributed by atoms with Crippen molar-refractivity contribution in [3.05, 3.63) is 99.0 Å². The summed E-state index contributed by atoms with van der Waals surface area (Å²) >= 11 is 18.9. The van der Waals surface area contributed by atoms with Crippen LogP contribution in [0.2, 0.25) is 15.1 Å². The number of amides is 2. The van der Waals surface area contributed by atoms with Crippen molar-refractivity contribution in [2.45, 2.75) is 38.8 Å². The van der Waals surface area contributed by atoms with E-state index in [0.29, 0.717) is 27.2 Å². The lowest BCUT2D eigenvalue weighted by atomic mass is 10.0. The first-order valence-corrected chi connectivity index (χ1v) is 15.8. The molecule has 0 bridgehead atoms. The molecule has 0 aliphatic heterocycles. The number of benzene rings is 3. The minimum atomic E-state index is -3.88. The number of carbonyl (C=O) groups is 2. The number of sulfonamides is 1. The van der Waals surface area contributed by atoms with E-state index in [4.69, 9.17) is 34.8 Å². The van der Waals surface area contributed by atoms with Crippen LogP contribution in [-0.2, 0) is 32.6 Å². The third kappa shape index (κ3) is 8.86. The fourth-order valence-corrected chi connectivity index (χ4v) is 5.63. The van der Waals surface area contributed by atoms with Gasteiger partial charge in [0.1, 0.15) is 12.6 Å². The maximum absolute atomic E-state index is 14.1. The van der Waals surface area contributed by atoms with Crippen LogP contribution in [0.1, 0.15) is 30.9 Å². The van der Waals surface area contributed by atoms with Gasteiger partial charge in [0, 0.05) is 40.1 Å². The first-order valence-electron chi connectivity index (χ1n) is 12.8. The normalized spacial score (nSPS) is 12.0. The highest BCUT2D eigenvalue weighted by atomic mass is 35.5. The van der Waals surface area contributed by atoms with Gasteiger partial charge in [0.05, 0.1) is 11.9 Å². The molecule has 7 nitrogen and oxygen atoms in total. The average Bonchev–Trinajstić information content (AvgIpc) is 2.91. The Bertz CT molecular complexity index is 1380. The van der Waals surface area contributed by atoms with E-state index >= 15 is 0 Å². The summed E-state index contributed by atoms with van der Waals surface area (Å²) in [7, 11) is -3.88. The maximum atomic E-state index is 14.1. The lowest BCUT2D eigenvalue weighted by Crippen LogP contribution is -2.53. The van der Waals surface area contributed by atoms with Crippen molar-refractivity contribution in [1.82, 2.24) is 10.2 Å². The van der Waals surface area contributed by atoms with Gasteiger partial charge in [-0.05, 0) is 48.4 Å². The van der Waals surface area contributed by atoms with Gasteiger partial charge in [-0.1, -0.05) is 84.5 Å². The van der Waals surface area contributed by atoms with Gasteiger partial charge >= 0.3 is 0 Å². The van der Waals surface area contributed by atoms with Crippen LogP contribution in [0.25, 0.3) is 0 Å². The molecule has 0 saturated carbocycles. The predicted molar refractivity (Wildman–Crippen MR) is 163 cm³/mol. The Labute approximate surface area is 251 Å². The number of carbonyl (C=O) groups excluding carboxylic acids is 2. The Kier molecular flexibility index (Phi) is 11.7.